The van der Waals surface area contributed by atoms with Crippen LogP contribution in [0.25, 0.3) is 16.6 Å². The van der Waals surface area contributed by atoms with E-state index in [1.807, 2.05) is 6.08 Å². The summed E-state index contributed by atoms with van der Waals surface area (Å²) in [4.78, 5) is 9.43. The molecule has 0 saturated carbocycles. The zero-order valence-corrected chi connectivity index (χ0v) is 15.5. The molecule has 2 aromatic heterocycles. The van der Waals surface area contributed by atoms with E-state index in [0.717, 1.165) is 50.1 Å². The lowest BCUT2D eigenvalue weighted by Crippen LogP contribution is -2.45. The van der Waals surface area contributed by atoms with Gasteiger partial charge in [0.15, 0.2) is 0 Å². The van der Waals surface area contributed by atoms with E-state index in [4.69, 9.17) is 4.74 Å². The first-order valence-electron chi connectivity index (χ1n) is 9.55. The second-order valence-corrected chi connectivity index (χ2v) is 7.06. The Morgan fingerprint density at radius 1 is 1.25 bits per heavy atom. The number of halogens is 3. The third kappa shape index (κ3) is 4.16. The van der Waals surface area contributed by atoms with Crippen molar-refractivity contribution in [2.45, 2.75) is 12.6 Å². The number of ether oxygens (including phenoxy) is 1. The molecule has 1 saturated heterocycles. The standard InChI is InChI=1S/C19H24F3N5O/c20-19(21,22)15-12-25-18-14(11-16(26-18)13-1-9-28-10-2-13)17(15)24-5-8-27-6-3-23-4-7-27/h1,11-12,23H,2-10H2,(H2,24,25,26). The molecule has 9 heteroatoms. The van der Waals surface area contributed by atoms with Gasteiger partial charge in [0, 0.05) is 56.5 Å². The average Bonchev–Trinajstić information content (AvgIpc) is 3.13. The van der Waals surface area contributed by atoms with Crippen molar-refractivity contribution in [3.8, 4) is 0 Å². The van der Waals surface area contributed by atoms with Crippen LogP contribution in [0, 0.1) is 0 Å². The fourth-order valence-corrected chi connectivity index (χ4v) is 3.70. The number of piperazine rings is 1. The molecular formula is C19H24F3N5O. The van der Waals surface area contributed by atoms with Crippen LogP contribution in [-0.4, -0.2) is 67.4 Å². The van der Waals surface area contributed by atoms with Crippen molar-refractivity contribution in [1.82, 2.24) is 20.2 Å². The molecule has 0 atom stereocenters. The normalized spacial score (nSPS) is 19.0. The Morgan fingerprint density at radius 2 is 2.07 bits per heavy atom. The van der Waals surface area contributed by atoms with Gasteiger partial charge in [0.2, 0.25) is 0 Å². The Hall–Kier alpha value is -2.10. The SMILES string of the molecule is FC(F)(F)c1cnc2[nH]c(C3=CCOCC3)cc2c1NCCN1CCNCC1. The molecule has 4 rings (SSSR count). The minimum absolute atomic E-state index is 0.0998. The minimum Gasteiger partial charge on any atom is -0.383 e. The summed E-state index contributed by atoms with van der Waals surface area (Å²) < 4.78 is 46.1. The Balaban J connectivity index is 1.62. The van der Waals surface area contributed by atoms with Crippen molar-refractivity contribution >= 4 is 22.3 Å². The monoisotopic (exact) mass is 395 g/mol. The van der Waals surface area contributed by atoms with Crippen molar-refractivity contribution in [3.05, 3.63) is 29.6 Å². The molecule has 0 radical (unpaired) electrons. The van der Waals surface area contributed by atoms with Gasteiger partial charge in [-0.3, -0.25) is 4.90 Å². The van der Waals surface area contributed by atoms with Gasteiger partial charge < -0.3 is 20.4 Å². The van der Waals surface area contributed by atoms with Crippen molar-refractivity contribution in [3.63, 3.8) is 0 Å². The number of hydrogen-bond acceptors (Lipinski definition) is 5. The van der Waals surface area contributed by atoms with E-state index in [1.54, 1.807) is 6.07 Å². The molecule has 0 amide bonds. The summed E-state index contributed by atoms with van der Waals surface area (Å²) in [7, 11) is 0. The fourth-order valence-electron chi connectivity index (χ4n) is 3.70. The predicted octanol–water partition coefficient (Wildman–Crippen LogP) is 2.70. The summed E-state index contributed by atoms with van der Waals surface area (Å²) in [6, 6.07) is 1.77. The highest BCUT2D eigenvalue weighted by Gasteiger charge is 2.35. The van der Waals surface area contributed by atoms with Gasteiger partial charge in [0.05, 0.1) is 24.5 Å². The maximum atomic E-state index is 13.6. The summed E-state index contributed by atoms with van der Waals surface area (Å²) in [5.41, 5.74) is 1.68. The lowest BCUT2D eigenvalue weighted by atomic mass is 10.1. The van der Waals surface area contributed by atoms with E-state index < -0.39 is 11.7 Å². The molecule has 0 spiro atoms. The molecule has 152 valence electrons. The quantitative estimate of drug-likeness (QED) is 0.727. The van der Waals surface area contributed by atoms with Gasteiger partial charge >= 0.3 is 6.18 Å². The average molecular weight is 395 g/mol. The summed E-state index contributed by atoms with van der Waals surface area (Å²) in [6.45, 7) is 5.90. The predicted molar refractivity (Wildman–Crippen MR) is 102 cm³/mol. The molecule has 0 aliphatic carbocycles. The number of H-pyrrole nitrogens is 1. The van der Waals surface area contributed by atoms with E-state index in [2.05, 4.69) is 25.5 Å². The van der Waals surface area contributed by atoms with E-state index >= 15 is 0 Å². The number of alkyl halides is 3. The number of anilines is 1. The highest BCUT2D eigenvalue weighted by atomic mass is 19.4. The zero-order valence-electron chi connectivity index (χ0n) is 15.5. The van der Waals surface area contributed by atoms with Crippen molar-refractivity contribution in [2.75, 3.05) is 57.8 Å². The number of nitrogens with zero attached hydrogens (tertiary/aromatic N) is 2. The van der Waals surface area contributed by atoms with Crippen LogP contribution in [-0.2, 0) is 10.9 Å². The number of rotatable bonds is 5. The van der Waals surface area contributed by atoms with Crippen LogP contribution in [0.4, 0.5) is 18.9 Å². The first kappa shape index (κ1) is 19.2. The zero-order chi connectivity index (χ0) is 19.6. The van der Waals surface area contributed by atoms with Crippen molar-refractivity contribution in [2.24, 2.45) is 0 Å². The molecule has 28 heavy (non-hydrogen) atoms. The van der Waals surface area contributed by atoms with E-state index in [1.165, 1.54) is 0 Å². The Labute approximate surface area is 161 Å². The maximum absolute atomic E-state index is 13.6. The third-order valence-corrected chi connectivity index (χ3v) is 5.21. The smallest absolute Gasteiger partial charge is 0.383 e. The Bertz CT molecular complexity index is 855. The van der Waals surface area contributed by atoms with Gasteiger partial charge in [0.25, 0.3) is 0 Å². The number of fused-ring (bicyclic) bond motifs is 1. The van der Waals surface area contributed by atoms with Crippen molar-refractivity contribution in [1.29, 1.82) is 0 Å². The summed E-state index contributed by atoms with van der Waals surface area (Å²) in [5, 5.41) is 6.78. The van der Waals surface area contributed by atoms with Crippen LogP contribution in [0.3, 0.4) is 0 Å². The molecule has 0 bridgehead atoms. The van der Waals surface area contributed by atoms with Gasteiger partial charge in [-0.2, -0.15) is 13.2 Å². The van der Waals surface area contributed by atoms with Crippen LogP contribution in [0.5, 0.6) is 0 Å². The molecule has 0 aromatic carbocycles. The lowest BCUT2D eigenvalue weighted by Gasteiger charge is -2.27. The number of pyridine rings is 1. The second-order valence-electron chi connectivity index (χ2n) is 7.06. The number of nitrogens with one attached hydrogen (secondary N) is 3. The Kier molecular flexibility index (Phi) is 5.56. The third-order valence-electron chi connectivity index (χ3n) is 5.21. The van der Waals surface area contributed by atoms with Crippen LogP contribution < -0.4 is 10.6 Å². The van der Waals surface area contributed by atoms with Gasteiger partial charge in [-0.15, -0.1) is 0 Å². The van der Waals surface area contributed by atoms with Crippen LogP contribution in [0.1, 0.15) is 17.7 Å². The Morgan fingerprint density at radius 3 is 2.79 bits per heavy atom. The molecule has 2 aromatic rings. The molecule has 6 nitrogen and oxygen atoms in total. The summed E-state index contributed by atoms with van der Waals surface area (Å²) in [6.07, 6.45) is -0.872. The molecule has 1 fully saturated rings. The number of aromatic nitrogens is 2. The van der Waals surface area contributed by atoms with Gasteiger partial charge in [-0.1, -0.05) is 6.08 Å². The molecule has 4 heterocycles. The van der Waals surface area contributed by atoms with Crippen LogP contribution in [0.2, 0.25) is 0 Å². The topological polar surface area (TPSA) is 65.2 Å². The van der Waals surface area contributed by atoms with Crippen LogP contribution >= 0.6 is 0 Å². The molecule has 3 N–H and O–H groups in total. The van der Waals surface area contributed by atoms with Crippen LogP contribution in [0.15, 0.2) is 18.3 Å². The van der Waals surface area contributed by atoms with E-state index in [0.29, 0.717) is 37.3 Å². The number of hydrogen-bond donors (Lipinski definition) is 3. The molecular weight excluding hydrogens is 371 g/mol. The minimum atomic E-state index is -4.46. The highest BCUT2D eigenvalue weighted by Crippen LogP contribution is 2.39. The molecule has 2 aliphatic heterocycles. The fraction of sp³-hybridized carbons (Fsp3) is 0.526. The molecule has 0 unspecified atom stereocenters. The first-order valence-corrected chi connectivity index (χ1v) is 9.55. The maximum Gasteiger partial charge on any atom is 0.419 e. The highest BCUT2D eigenvalue weighted by molar-refractivity contribution is 5.94. The van der Waals surface area contributed by atoms with E-state index in [9.17, 15) is 13.2 Å². The van der Waals surface area contributed by atoms with E-state index in [-0.39, 0.29) is 5.69 Å². The summed E-state index contributed by atoms with van der Waals surface area (Å²) in [5.74, 6) is 0. The molecule has 2 aliphatic rings. The van der Waals surface area contributed by atoms with Gasteiger partial charge in [-0.05, 0) is 18.1 Å². The summed E-state index contributed by atoms with van der Waals surface area (Å²) >= 11 is 0. The van der Waals surface area contributed by atoms with Gasteiger partial charge in [-0.25, -0.2) is 4.98 Å². The lowest BCUT2D eigenvalue weighted by molar-refractivity contribution is -0.137. The van der Waals surface area contributed by atoms with Gasteiger partial charge in [0.1, 0.15) is 5.65 Å². The van der Waals surface area contributed by atoms with Crippen molar-refractivity contribution < 1.29 is 17.9 Å². The second kappa shape index (κ2) is 8.10. The number of aromatic amines is 1. The largest absolute Gasteiger partial charge is 0.419 e. The first-order chi connectivity index (χ1) is 13.5.